The third-order valence-electron chi connectivity index (χ3n) is 4.13. The van der Waals surface area contributed by atoms with Crippen molar-refractivity contribution in [3.05, 3.63) is 62.6 Å². The van der Waals surface area contributed by atoms with Gasteiger partial charge in [0.2, 0.25) is 0 Å². The molecule has 2 aromatic rings. The Morgan fingerprint density at radius 1 is 0.889 bits per heavy atom. The van der Waals surface area contributed by atoms with Gasteiger partial charge < -0.3 is 10.1 Å². The Balaban J connectivity index is 2.08. The number of hydrogen-bond donors (Lipinski definition) is 1. The van der Waals surface area contributed by atoms with Crippen LogP contribution in [0.15, 0.2) is 36.4 Å². The summed E-state index contributed by atoms with van der Waals surface area (Å²) in [5.41, 5.74) is 2.25. The minimum Gasteiger partial charge on any atom is -0.489 e. The lowest BCUT2D eigenvalue weighted by Crippen LogP contribution is -2.41. The van der Waals surface area contributed by atoms with E-state index < -0.39 is 0 Å². The van der Waals surface area contributed by atoms with Gasteiger partial charge >= 0.3 is 0 Å². The van der Waals surface area contributed by atoms with Crippen LogP contribution in [0.2, 0.25) is 15.1 Å². The second-order valence-corrected chi connectivity index (χ2v) is 10.0. The highest BCUT2D eigenvalue weighted by molar-refractivity contribution is 6.42. The van der Waals surface area contributed by atoms with Gasteiger partial charge in [0.25, 0.3) is 0 Å². The van der Waals surface area contributed by atoms with Crippen LogP contribution in [0.4, 0.5) is 0 Å². The third kappa shape index (κ3) is 7.54. The highest BCUT2D eigenvalue weighted by Gasteiger charge is 2.25. The van der Waals surface area contributed by atoms with Crippen LogP contribution >= 0.6 is 34.8 Å². The van der Waals surface area contributed by atoms with E-state index in [-0.39, 0.29) is 11.0 Å². The standard InChI is InChI=1S/C22H28Cl3NO/c1-21(2,3)14-22(4,5)26-12-16-11-17(23)7-9-20(16)27-13-15-6-8-18(24)19(25)10-15/h6-11,26H,12-14H2,1-5H3. The fourth-order valence-corrected chi connectivity index (χ4v) is 3.86. The van der Waals surface area contributed by atoms with E-state index in [0.29, 0.717) is 28.2 Å². The fraction of sp³-hybridized carbons (Fsp3) is 0.455. The summed E-state index contributed by atoms with van der Waals surface area (Å²) >= 11 is 18.3. The largest absolute Gasteiger partial charge is 0.489 e. The van der Waals surface area contributed by atoms with Gasteiger partial charge in [0, 0.05) is 22.7 Å². The minimum absolute atomic E-state index is 0.00153. The lowest BCUT2D eigenvalue weighted by molar-refractivity contribution is 0.238. The molecular weight excluding hydrogens is 401 g/mol. The molecule has 0 aromatic heterocycles. The molecular formula is C22H28Cl3NO. The normalized spacial score (nSPS) is 12.3. The maximum atomic E-state index is 6.21. The second-order valence-electron chi connectivity index (χ2n) is 8.76. The Bertz CT molecular complexity index is 782. The van der Waals surface area contributed by atoms with Crippen molar-refractivity contribution in [1.82, 2.24) is 5.32 Å². The Labute approximate surface area is 178 Å². The summed E-state index contributed by atoms with van der Waals surface area (Å²) in [6.07, 6.45) is 1.06. The molecule has 0 bridgehead atoms. The van der Waals surface area contributed by atoms with Gasteiger partial charge in [-0.1, -0.05) is 61.6 Å². The van der Waals surface area contributed by atoms with Gasteiger partial charge in [0.15, 0.2) is 0 Å². The van der Waals surface area contributed by atoms with Crippen LogP contribution in [0.1, 0.15) is 52.2 Å². The summed E-state index contributed by atoms with van der Waals surface area (Å²) < 4.78 is 6.04. The molecule has 5 heteroatoms. The van der Waals surface area contributed by atoms with Gasteiger partial charge in [-0.05, 0) is 61.6 Å². The quantitative estimate of drug-likeness (QED) is 0.492. The van der Waals surface area contributed by atoms with E-state index in [9.17, 15) is 0 Å². The van der Waals surface area contributed by atoms with Crippen molar-refractivity contribution >= 4 is 34.8 Å². The molecule has 148 valence electrons. The maximum Gasteiger partial charge on any atom is 0.124 e. The average molecular weight is 429 g/mol. The van der Waals surface area contributed by atoms with Crippen LogP contribution in [0.5, 0.6) is 5.75 Å². The summed E-state index contributed by atoms with van der Waals surface area (Å²) in [4.78, 5) is 0. The first-order valence-electron chi connectivity index (χ1n) is 9.05. The number of ether oxygens (including phenoxy) is 1. The van der Waals surface area contributed by atoms with E-state index in [2.05, 4.69) is 39.9 Å². The topological polar surface area (TPSA) is 21.3 Å². The molecule has 0 amide bonds. The van der Waals surface area contributed by atoms with Crippen LogP contribution in [0.3, 0.4) is 0 Å². The maximum absolute atomic E-state index is 6.21. The first-order valence-corrected chi connectivity index (χ1v) is 10.2. The van der Waals surface area contributed by atoms with Gasteiger partial charge in [-0.3, -0.25) is 0 Å². The molecule has 0 aliphatic rings. The zero-order chi connectivity index (χ0) is 20.2. The number of halogens is 3. The molecule has 0 radical (unpaired) electrons. The Kier molecular flexibility index (Phi) is 7.49. The average Bonchev–Trinajstić information content (AvgIpc) is 2.53. The smallest absolute Gasteiger partial charge is 0.124 e. The predicted molar refractivity (Wildman–Crippen MR) is 117 cm³/mol. The van der Waals surface area contributed by atoms with E-state index in [1.54, 1.807) is 6.07 Å². The summed E-state index contributed by atoms with van der Waals surface area (Å²) in [6, 6.07) is 11.2. The number of rotatable bonds is 7. The van der Waals surface area contributed by atoms with E-state index in [1.807, 2.05) is 30.3 Å². The molecule has 0 atom stereocenters. The van der Waals surface area contributed by atoms with Crippen molar-refractivity contribution in [3.8, 4) is 5.75 Å². The SMILES string of the molecule is CC(C)(C)CC(C)(C)NCc1cc(Cl)ccc1OCc1ccc(Cl)c(Cl)c1. The van der Waals surface area contributed by atoms with E-state index >= 15 is 0 Å². The number of hydrogen-bond acceptors (Lipinski definition) is 2. The van der Waals surface area contributed by atoms with Gasteiger partial charge in [0.1, 0.15) is 12.4 Å². The van der Waals surface area contributed by atoms with Gasteiger partial charge in [0.05, 0.1) is 10.0 Å². The second kappa shape index (κ2) is 9.05. The van der Waals surface area contributed by atoms with Crippen LogP contribution in [-0.4, -0.2) is 5.54 Å². The molecule has 0 saturated carbocycles. The van der Waals surface area contributed by atoms with E-state index in [1.165, 1.54) is 0 Å². The summed E-state index contributed by atoms with van der Waals surface area (Å²) in [7, 11) is 0. The molecule has 2 aromatic carbocycles. The van der Waals surface area contributed by atoms with Crippen LogP contribution in [-0.2, 0) is 13.2 Å². The Morgan fingerprint density at radius 2 is 1.59 bits per heavy atom. The Hall–Kier alpha value is -0.930. The molecule has 27 heavy (non-hydrogen) atoms. The molecule has 2 rings (SSSR count). The van der Waals surface area contributed by atoms with Crippen LogP contribution < -0.4 is 10.1 Å². The van der Waals surface area contributed by atoms with Gasteiger partial charge in [-0.2, -0.15) is 0 Å². The molecule has 0 saturated heterocycles. The van der Waals surface area contributed by atoms with Crippen molar-refractivity contribution in [1.29, 1.82) is 0 Å². The van der Waals surface area contributed by atoms with Gasteiger partial charge in [-0.15, -0.1) is 0 Å². The molecule has 0 aliphatic heterocycles. The number of benzene rings is 2. The summed E-state index contributed by atoms with van der Waals surface area (Å²) in [5, 5.41) is 5.40. The first kappa shape index (κ1) is 22.4. The molecule has 0 unspecified atom stereocenters. The Morgan fingerprint density at radius 3 is 2.22 bits per heavy atom. The third-order valence-corrected chi connectivity index (χ3v) is 5.10. The van der Waals surface area contributed by atoms with Crippen molar-refractivity contribution in [2.75, 3.05) is 0 Å². The van der Waals surface area contributed by atoms with Crippen LogP contribution in [0.25, 0.3) is 0 Å². The summed E-state index contributed by atoms with van der Waals surface area (Å²) in [5.74, 6) is 0.810. The monoisotopic (exact) mass is 427 g/mol. The molecule has 0 heterocycles. The zero-order valence-corrected chi connectivity index (χ0v) is 18.9. The molecule has 0 fully saturated rings. The van der Waals surface area contributed by atoms with Crippen molar-refractivity contribution < 1.29 is 4.74 Å². The highest BCUT2D eigenvalue weighted by Crippen LogP contribution is 2.29. The van der Waals surface area contributed by atoms with E-state index in [0.717, 1.165) is 23.3 Å². The van der Waals surface area contributed by atoms with Crippen molar-refractivity contribution in [2.45, 2.75) is 59.7 Å². The van der Waals surface area contributed by atoms with Crippen LogP contribution in [0, 0.1) is 5.41 Å². The molecule has 0 aliphatic carbocycles. The minimum atomic E-state index is 0.00153. The predicted octanol–water partition coefficient (Wildman–Crippen LogP) is 7.53. The van der Waals surface area contributed by atoms with Gasteiger partial charge in [-0.25, -0.2) is 0 Å². The zero-order valence-electron chi connectivity index (χ0n) is 16.6. The number of nitrogens with one attached hydrogen (secondary N) is 1. The summed E-state index contributed by atoms with van der Waals surface area (Å²) in [6.45, 7) is 12.3. The highest BCUT2D eigenvalue weighted by atomic mass is 35.5. The van der Waals surface area contributed by atoms with E-state index in [4.69, 9.17) is 39.5 Å². The lowest BCUT2D eigenvalue weighted by atomic mass is 9.82. The van der Waals surface area contributed by atoms with Crippen molar-refractivity contribution in [3.63, 3.8) is 0 Å². The molecule has 1 N–H and O–H groups in total. The molecule has 2 nitrogen and oxygen atoms in total. The fourth-order valence-electron chi connectivity index (χ4n) is 3.34. The van der Waals surface area contributed by atoms with Crippen molar-refractivity contribution in [2.24, 2.45) is 5.41 Å². The first-order chi connectivity index (χ1) is 12.5. The molecule has 0 spiro atoms. The lowest BCUT2D eigenvalue weighted by Gasteiger charge is -2.33.